The lowest BCUT2D eigenvalue weighted by Crippen LogP contribution is -2.46. The van der Waals surface area contributed by atoms with Gasteiger partial charge in [0.15, 0.2) is 0 Å². The van der Waals surface area contributed by atoms with Crippen LogP contribution in [0.2, 0.25) is 0 Å². The van der Waals surface area contributed by atoms with Crippen molar-refractivity contribution in [1.82, 2.24) is 5.32 Å². The number of hydrogen-bond acceptors (Lipinski definition) is 1. The van der Waals surface area contributed by atoms with Gasteiger partial charge in [0.1, 0.15) is 0 Å². The number of amides is 1. The summed E-state index contributed by atoms with van der Waals surface area (Å²) in [5, 5.41) is 3.15. The highest BCUT2D eigenvalue weighted by atomic mass is 35.5. The lowest BCUT2D eigenvalue weighted by Gasteiger charge is -2.38. The Morgan fingerprint density at radius 2 is 2.06 bits per heavy atom. The molecule has 0 aromatic rings. The van der Waals surface area contributed by atoms with Crippen molar-refractivity contribution in [3.05, 3.63) is 0 Å². The van der Waals surface area contributed by atoms with Gasteiger partial charge in [-0.05, 0) is 30.6 Å². The Hall–Kier alpha value is -0.240. The van der Waals surface area contributed by atoms with E-state index in [9.17, 15) is 4.79 Å². The first-order chi connectivity index (χ1) is 8.36. The molecule has 0 aliphatic heterocycles. The Morgan fingerprint density at radius 3 is 2.56 bits per heavy atom. The molecule has 0 aromatic heterocycles. The number of nitrogens with one attached hydrogen (secondary N) is 1. The van der Waals surface area contributed by atoms with E-state index in [0.717, 1.165) is 19.3 Å². The SMILES string of the molecule is CC(C)CC(CCl)NC(=O)C1CCCCC1(C)C. The molecule has 1 N–H and O–H groups in total. The fourth-order valence-electron chi connectivity index (χ4n) is 3.01. The van der Waals surface area contributed by atoms with Gasteiger partial charge in [-0.1, -0.05) is 40.5 Å². The van der Waals surface area contributed by atoms with E-state index in [1.54, 1.807) is 0 Å². The van der Waals surface area contributed by atoms with Gasteiger partial charge in [-0.3, -0.25) is 4.79 Å². The van der Waals surface area contributed by atoms with E-state index in [0.29, 0.717) is 11.8 Å². The average molecular weight is 274 g/mol. The van der Waals surface area contributed by atoms with Crippen LogP contribution in [0.25, 0.3) is 0 Å². The molecule has 0 bridgehead atoms. The van der Waals surface area contributed by atoms with E-state index in [4.69, 9.17) is 11.6 Å². The van der Waals surface area contributed by atoms with Crippen molar-refractivity contribution in [2.45, 2.75) is 65.8 Å². The molecular weight excluding hydrogens is 246 g/mol. The summed E-state index contributed by atoms with van der Waals surface area (Å²) in [5.74, 6) is 1.44. The molecular formula is C15H28ClNO. The first-order valence-electron chi connectivity index (χ1n) is 7.23. The summed E-state index contributed by atoms with van der Waals surface area (Å²) in [7, 11) is 0. The normalized spacial score (nSPS) is 24.9. The van der Waals surface area contributed by atoms with Crippen LogP contribution in [-0.4, -0.2) is 17.8 Å². The summed E-state index contributed by atoms with van der Waals surface area (Å²) in [6, 6.07) is 0.122. The van der Waals surface area contributed by atoms with Gasteiger partial charge in [-0.2, -0.15) is 0 Å². The highest BCUT2D eigenvalue weighted by Gasteiger charge is 2.37. The second kappa shape index (κ2) is 6.79. The van der Waals surface area contributed by atoms with Crippen molar-refractivity contribution in [2.24, 2.45) is 17.3 Å². The van der Waals surface area contributed by atoms with Crippen molar-refractivity contribution >= 4 is 17.5 Å². The van der Waals surface area contributed by atoms with E-state index < -0.39 is 0 Å². The molecule has 0 heterocycles. The third-order valence-corrected chi connectivity index (χ3v) is 4.48. The largest absolute Gasteiger partial charge is 0.352 e. The first-order valence-corrected chi connectivity index (χ1v) is 7.76. The molecule has 106 valence electrons. The zero-order valence-electron chi connectivity index (χ0n) is 12.3. The second-order valence-electron chi connectivity index (χ2n) is 6.78. The number of carbonyl (C=O) groups excluding carboxylic acids is 1. The average Bonchev–Trinajstić information content (AvgIpc) is 2.26. The molecule has 1 amide bonds. The zero-order chi connectivity index (χ0) is 13.8. The molecule has 2 atom stereocenters. The molecule has 1 saturated carbocycles. The molecule has 0 spiro atoms. The Bertz CT molecular complexity index is 276. The third-order valence-electron chi connectivity index (χ3n) is 4.11. The molecule has 0 aromatic carbocycles. The molecule has 2 nitrogen and oxygen atoms in total. The minimum atomic E-state index is 0.122. The molecule has 3 heteroatoms. The van der Waals surface area contributed by atoms with E-state index in [-0.39, 0.29) is 23.3 Å². The lowest BCUT2D eigenvalue weighted by molar-refractivity contribution is -0.130. The Morgan fingerprint density at radius 1 is 1.39 bits per heavy atom. The summed E-state index contributed by atoms with van der Waals surface area (Å²) in [5.41, 5.74) is 0.136. The predicted octanol–water partition coefficient (Wildman–Crippen LogP) is 3.97. The second-order valence-corrected chi connectivity index (χ2v) is 7.08. The van der Waals surface area contributed by atoms with Crippen molar-refractivity contribution in [2.75, 3.05) is 5.88 Å². The van der Waals surface area contributed by atoms with Crippen LogP contribution in [0.4, 0.5) is 0 Å². The van der Waals surface area contributed by atoms with Crippen LogP contribution in [0.15, 0.2) is 0 Å². The summed E-state index contributed by atoms with van der Waals surface area (Å²) in [6.07, 6.45) is 5.57. The Balaban J connectivity index is 2.57. The summed E-state index contributed by atoms with van der Waals surface area (Å²) in [4.78, 5) is 12.4. The van der Waals surface area contributed by atoms with Gasteiger partial charge < -0.3 is 5.32 Å². The van der Waals surface area contributed by atoms with Crippen molar-refractivity contribution in [3.8, 4) is 0 Å². The lowest BCUT2D eigenvalue weighted by atomic mass is 9.68. The number of halogens is 1. The minimum absolute atomic E-state index is 0.122. The smallest absolute Gasteiger partial charge is 0.223 e. The first kappa shape index (κ1) is 15.8. The van der Waals surface area contributed by atoms with Crippen molar-refractivity contribution in [3.63, 3.8) is 0 Å². The fraction of sp³-hybridized carbons (Fsp3) is 0.933. The fourth-order valence-corrected chi connectivity index (χ4v) is 3.21. The summed E-state index contributed by atoms with van der Waals surface area (Å²) < 4.78 is 0. The van der Waals surface area contributed by atoms with Crippen LogP contribution in [0.5, 0.6) is 0 Å². The number of alkyl halides is 1. The molecule has 0 radical (unpaired) electrons. The van der Waals surface area contributed by atoms with Gasteiger partial charge in [-0.25, -0.2) is 0 Å². The Kier molecular flexibility index (Phi) is 5.97. The zero-order valence-corrected chi connectivity index (χ0v) is 13.0. The number of carbonyl (C=O) groups is 1. The van der Waals surface area contributed by atoms with Gasteiger partial charge in [0, 0.05) is 17.8 Å². The quantitative estimate of drug-likeness (QED) is 0.755. The van der Waals surface area contributed by atoms with Crippen LogP contribution < -0.4 is 5.32 Å². The van der Waals surface area contributed by atoms with E-state index in [2.05, 4.69) is 33.0 Å². The predicted molar refractivity (Wildman–Crippen MR) is 77.8 cm³/mol. The molecule has 1 rings (SSSR count). The molecule has 1 aliphatic rings. The standard InChI is InChI=1S/C15H28ClNO/c1-11(2)9-12(10-16)17-14(18)13-7-5-6-8-15(13,3)4/h11-13H,5-10H2,1-4H3,(H,17,18). The van der Waals surface area contributed by atoms with Gasteiger partial charge in [0.05, 0.1) is 0 Å². The van der Waals surface area contributed by atoms with Crippen LogP contribution in [-0.2, 0) is 4.79 Å². The number of hydrogen-bond donors (Lipinski definition) is 1. The van der Waals surface area contributed by atoms with Crippen LogP contribution in [0, 0.1) is 17.3 Å². The van der Waals surface area contributed by atoms with Gasteiger partial charge >= 0.3 is 0 Å². The van der Waals surface area contributed by atoms with Crippen LogP contribution in [0.3, 0.4) is 0 Å². The minimum Gasteiger partial charge on any atom is -0.352 e. The number of rotatable bonds is 5. The van der Waals surface area contributed by atoms with Gasteiger partial charge in [0.25, 0.3) is 0 Å². The van der Waals surface area contributed by atoms with E-state index in [1.165, 1.54) is 12.8 Å². The summed E-state index contributed by atoms with van der Waals surface area (Å²) >= 11 is 5.95. The van der Waals surface area contributed by atoms with Crippen molar-refractivity contribution < 1.29 is 4.79 Å². The van der Waals surface area contributed by atoms with Gasteiger partial charge in [-0.15, -0.1) is 11.6 Å². The maximum atomic E-state index is 12.4. The van der Waals surface area contributed by atoms with Crippen LogP contribution >= 0.6 is 11.6 Å². The van der Waals surface area contributed by atoms with Gasteiger partial charge in [0.2, 0.25) is 5.91 Å². The molecule has 1 fully saturated rings. The maximum Gasteiger partial charge on any atom is 0.223 e. The molecule has 1 aliphatic carbocycles. The highest BCUT2D eigenvalue weighted by molar-refractivity contribution is 6.18. The van der Waals surface area contributed by atoms with E-state index in [1.807, 2.05) is 0 Å². The highest BCUT2D eigenvalue weighted by Crippen LogP contribution is 2.40. The topological polar surface area (TPSA) is 29.1 Å². The third kappa shape index (κ3) is 4.46. The summed E-state index contributed by atoms with van der Waals surface area (Å²) in [6.45, 7) is 8.76. The van der Waals surface area contributed by atoms with E-state index >= 15 is 0 Å². The molecule has 0 saturated heterocycles. The monoisotopic (exact) mass is 273 g/mol. The van der Waals surface area contributed by atoms with Crippen molar-refractivity contribution in [1.29, 1.82) is 0 Å². The Labute approximate surface area is 117 Å². The maximum absolute atomic E-state index is 12.4. The molecule has 2 unspecified atom stereocenters. The van der Waals surface area contributed by atoms with Crippen LogP contribution in [0.1, 0.15) is 59.8 Å². The molecule has 18 heavy (non-hydrogen) atoms.